The summed E-state index contributed by atoms with van der Waals surface area (Å²) in [5.74, 6) is -0.246. The highest BCUT2D eigenvalue weighted by molar-refractivity contribution is 7.15. The predicted octanol–water partition coefficient (Wildman–Crippen LogP) is 1.39. The monoisotopic (exact) mass is 291 g/mol. The average Bonchev–Trinajstić information content (AvgIpc) is 3.03. The van der Waals surface area contributed by atoms with E-state index in [1.807, 2.05) is 0 Å². The molecule has 2 heterocycles. The number of fused-ring (bicyclic) bond motifs is 1. The first-order valence-electron chi connectivity index (χ1n) is 6.67. The van der Waals surface area contributed by atoms with E-state index in [1.165, 1.54) is 17.7 Å². The van der Waals surface area contributed by atoms with E-state index >= 15 is 0 Å². The van der Waals surface area contributed by atoms with Crippen LogP contribution in [-0.2, 0) is 24.7 Å². The Morgan fingerprint density at radius 1 is 1.50 bits per heavy atom. The van der Waals surface area contributed by atoms with Gasteiger partial charge < -0.3 is 11.1 Å². The molecule has 106 valence electrons. The summed E-state index contributed by atoms with van der Waals surface area (Å²) < 4.78 is 1.63. The molecule has 0 saturated heterocycles. The second kappa shape index (κ2) is 5.34. The van der Waals surface area contributed by atoms with E-state index in [1.54, 1.807) is 35.5 Å². The van der Waals surface area contributed by atoms with Crippen molar-refractivity contribution in [2.45, 2.75) is 31.7 Å². The van der Waals surface area contributed by atoms with E-state index in [4.69, 9.17) is 5.73 Å². The van der Waals surface area contributed by atoms with E-state index in [0.717, 1.165) is 18.5 Å². The van der Waals surface area contributed by atoms with E-state index in [-0.39, 0.29) is 5.91 Å². The van der Waals surface area contributed by atoms with Gasteiger partial charge in [-0.05, 0) is 25.7 Å². The Morgan fingerprint density at radius 3 is 3.00 bits per heavy atom. The van der Waals surface area contributed by atoms with Crippen LogP contribution in [-0.4, -0.2) is 20.7 Å². The Hall–Kier alpha value is -1.73. The second-order valence-electron chi connectivity index (χ2n) is 5.01. The summed E-state index contributed by atoms with van der Waals surface area (Å²) in [6, 6.07) is -0.718. The second-order valence-corrected chi connectivity index (χ2v) is 6.09. The molecule has 2 aromatic rings. The van der Waals surface area contributed by atoms with Gasteiger partial charge in [-0.3, -0.25) is 9.48 Å². The van der Waals surface area contributed by atoms with Crippen molar-refractivity contribution >= 4 is 22.4 Å². The van der Waals surface area contributed by atoms with E-state index in [9.17, 15) is 4.79 Å². The lowest BCUT2D eigenvalue weighted by molar-refractivity contribution is -0.117. The SMILES string of the molecule is Cn1cc(C(N)C(=O)Nc2nc3c(s2)CCCC3)cn1. The first-order valence-corrected chi connectivity index (χ1v) is 7.48. The maximum absolute atomic E-state index is 12.1. The number of aryl methyl sites for hydroxylation is 3. The number of nitrogens with zero attached hydrogens (tertiary/aromatic N) is 3. The van der Waals surface area contributed by atoms with E-state index in [2.05, 4.69) is 15.4 Å². The lowest BCUT2D eigenvalue weighted by atomic mass is 10.0. The minimum absolute atomic E-state index is 0.246. The van der Waals surface area contributed by atoms with Crippen LogP contribution in [0, 0.1) is 0 Å². The maximum atomic E-state index is 12.1. The van der Waals surface area contributed by atoms with Gasteiger partial charge in [-0.25, -0.2) is 4.98 Å². The van der Waals surface area contributed by atoms with Crippen LogP contribution in [0.3, 0.4) is 0 Å². The molecule has 1 unspecified atom stereocenters. The highest BCUT2D eigenvalue weighted by Crippen LogP contribution is 2.29. The molecule has 1 atom stereocenters. The number of amides is 1. The molecule has 0 radical (unpaired) electrons. The molecule has 1 aliphatic rings. The number of carbonyl (C=O) groups is 1. The predicted molar refractivity (Wildman–Crippen MR) is 77.5 cm³/mol. The van der Waals surface area contributed by atoms with Crippen LogP contribution in [0.15, 0.2) is 12.4 Å². The van der Waals surface area contributed by atoms with Gasteiger partial charge in [-0.1, -0.05) is 0 Å². The molecule has 0 saturated carbocycles. The molecule has 3 rings (SSSR count). The van der Waals surface area contributed by atoms with Crippen molar-refractivity contribution in [2.75, 3.05) is 5.32 Å². The molecule has 0 aromatic carbocycles. The lowest BCUT2D eigenvalue weighted by Crippen LogP contribution is -2.27. The molecule has 2 aromatic heterocycles. The van der Waals surface area contributed by atoms with Gasteiger partial charge in [0, 0.05) is 23.7 Å². The van der Waals surface area contributed by atoms with Gasteiger partial charge in [0.2, 0.25) is 5.91 Å². The standard InChI is InChI=1S/C13H17N5OS/c1-18-7-8(6-15-18)11(14)12(19)17-13-16-9-4-2-3-5-10(9)20-13/h6-7,11H,2-5,14H2,1H3,(H,16,17,19). The summed E-state index contributed by atoms with van der Waals surface area (Å²) in [7, 11) is 1.79. The first kappa shape index (κ1) is 13.3. The Bertz CT molecular complexity index is 609. The number of anilines is 1. The Kier molecular flexibility index (Phi) is 3.54. The van der Waals surface area contributed by atoms with Gasteiger partial charge in [0.1, 0.15) is 6.04 Å². The molecular formula is C13H17N5OS. The van der Waals surface area contributed by atoms with E-state index < -0.39 is 6.04 Å². The van der Waals surface area contributed by atoms with Crippen LogP contribution in [0.4, 0.5) is 5.13 Å². The zero-order chi connectivity index (χ0) is 14.1. The molecule has 0 spiro atoms. The van der Waals surface area contributed by atoms with Crippen molar-refractivity contribution < 1.29 is 4.79 Å². The van der Waals surface area contributed by atoms with Gasteiger partial charge in [-0.2, -0.15) is 5.10 Å². The fraction of sp³-hybridized carbons (Fsp3) is 0.462. The van der Waals surface area contributed by atoms with Crippen LogP contribution in [0.2, 0.25) is 0 Å². The van der Waals surface area contributed by atoms with Gasteiger partial charge in [0.25, 0.3) is 0 Å². The van der Waals surface area contributed by atoms with Crippen LogP contribution in [0.25, 0.3) is 0 Å². The summed E-state index contributed by atoms with van der Waals surface area (Å²) in [6.45, 7) is 0. The molecule has 0 fully saturated rings. The van der Waals surface area contributed by atoms with Crippen molar-refractivity contribution in [3.8, 4) is 0 Å². The fourth-order valence-corrected chi connectivity index (χ4v) is 3.39. The van der Waals surface area contributed by atoms with Gasteiger partial charge >= 0.3 is 0 Å². The number of hydrogen-bond acceptors (Lipinski definition) is 5. The third-order valence-electron chi connectivity index (χ3n) is 3.44. The topological polar surface area (TPSA) is 85.8 Å². The molecule has 1 amide bonds. The Morgan fingerprint density at radius 2 is 2.30 bits per heavy atom. The smallest absolute Gasteiger partial charge is 0.247 e. The summed E-state index contributed by atoms with van der Waals surface area (Å²) in [5.41, 5.74) is 7.76. The summed E-state index contributed by atoms with van der Waals surface area (Å²) in [4.78, 5) is 17.9. The van der Waals surface area contributed by atoms with E-state index in [0.29, 0.717) is 10.7 Å². The number of carbonyl (C=O) groups excluding carboxylic acids is 1. The largest absolute Gasteiger partial charge is 0.316 e. The maximum Gasteiger partial charge on any atom is 0.247 e. The van der Waals surface area contributed by atoms with Crippen LogP contribution >= 0.6 is 11.3 Å². The zero-order valence-corrected chi connectivity index (χ0v) is 12.1. The van der Waals surface area contributed by atoms with Gasteiger partial charge in [0.15, 0.2) is 5.13 Å². The molecular weight excluding hydrogens is 274 g/mol. The lowest BCUT2D eigenvalue weighted by Gasteiger charge is -2.08. The van der Waals surface area contributed by atoms with Crippen molar-refractivity contribution in [1.82, 2.24) is 14.8 Å². The van der Waals surface area contributed by atoms with Crippen molar-refractivity contribution in [3.05, 3.63) is 28.5 Å². The highest BCUT2D eigenvalue weighted by atomic mass is 32.1. The Labute approximate surface area is 121 Å². The Balaban J connectivity index is 1.70. The van der Waals surface area contributed by atoms with Crippen LogP contribution in [0.1, 0.15) is 35.0 Å². The molecule has 6 nitrogen and oxygen atoms in total. The zero-order valence-electron chi connectivity index (χ0n) is 11.3. The molecule has 0 aliphatic heterocycles. The van der Waals surface area contributed by atoms with Crippen molar-refractivity contribution in [2.24, 2.45) is 12.8 Å². The minimum atomic E-state index is -0.718. The normalized spacial score (nSPS) is 15.7. The third kappa shape index (κ3) is 2.59. The van der Waals surface area contributed by atoms with Gasteiger partial charge in [0.05, 0.1) is 11.9 Å². The number of nitrogens with one attached hydrogen (secondary N) is 1. The molecule has 20 heavy (non-hydrogen) atoms. The summed E-state index contributed by atoms with van der Waals surface area (Å²) >= 11 is 1.56. The molecule has 3 N–H and O–H groups in total. The highest BCUT2D eigenvalue weighted by Gasteiger charge is 2.21. The average molecular weight is 291 g/mol. The molecule has 1 aliphatic carbocycles. The van der Waals surface area contributed by atoms with Gasteiger partial charge in [-0.15, -0.1) is 11.3 Å². The summed E-state index contributed by atoms with van der Waals surface area (Å²) in [5, 5.41) is 7.49. The number of rotatable bonds is 3. The first-order chi connectivity index (χ1) is 9.63. The third-order valence-corrected chi connectivity index (χ3v) is 4.52. The summed E-state index contributed by atoms with van der Waals surface area (Å²) in [6.07, 6.45) is 7.82. The fourth-order valence-electron chi connectivity index (χ4n) is 2.34. The van der Waals surface area contributed by atoms with Crippen LogP contribution in [0.5, 0.6) is 0 Å². The quantitative estimate of drug-likeness (QED) is 0.895. The number of nitrogens with two attached hydrogens (primary N) is 1. The number of aromatic nitrogens is 3. The molecule has 0 bridgehead atoms. The minimum Gasteiger partial charge on any atom is -0.316 e. The number of hydrogen-bond donors (Lipinski definition) is 2. The van der Waals surface area contributed by atoms with Crippen molar-refractivity contribution in [1.29, 1.82) is 0 Å². The molecule has 7 heteroatoms. The van der Waals surface area contributed by atoms with Crippen LogP contribution < -0.4 is 11.1 Å². The number of thiazole rings is 1. The van der Waals surface area contributed by atoms with Crippen molar-refractivity contribution in [3.63, 3.8) is 0 Å².